The predicted octanol–water partition coefficient (Wildman–Crippen LogP) is 4.96. The van der Waals surface area contributed by atoms with Gasteiger partial charge in [-0.25, -0.2) is 0 Å². The first-order valence-electron chi connectivity index (χ1n) is 10.2. The van der Waals surface area contributed by atoms with E-state index < -0.39 is 12.0 Å². The van der Waals surface area contributed by atoms with Crippen molar-refractivity contribution in [1.82, 2.24) is 4.57 Å². The zero-order chi connectivity index (χ0) is 24.0. The highest BCUT2D eigenvalue weighted by Crippen LogP contribution is 2.26. The molecule has 0 aliphatic heterocycles. The second-order valence-electron chi connectivity index (χ2n) is 7.19. The van der Waals surface area contributed by atoms with Gasteiger partial charge in [-0.1, -0.05) is 23.2 Å². The molecular weight excluding hydrogens is 467 g/mol. The van der Waals surface area contributed by atoms with Gasteiger partial charge in [0.25, 0.3) is 5.91 Å². The lowest BCUT2D eigenvalue weighted by atomic mass is 10.2. The summed E-state index contributed by atoms with van der Waals surface area (Å²) in [6, 6.07) is 13.4. The minimum absolute atomic E-state index is 0.0989. The Morgan fingerprint density at radius 2 is 1.79 bits per heavy atom. The average Bonchev–Trinajstić information content (AvgIpc) is 2.80. The molecule has 0 saturated heterocycles. The Morgan fingerprint density at radius 3 is 2.48 bits per heavy atom. The molecule has 1 atom stereocenters. The van der Waals surface area contributed by atoms with E-state index >= 15 is 0 Å². The number of rotatable bonds is 9. The van der Waals surface area contributed by atoms with Crippen LogP contribution in [-0.2, 0) is 11.3 Å². The van der Waals surface area contributed by atoms with Gasteiger partial charge in [0.2, 0.25) is 5.43 Å². The molecule has 1 unspecified atom stereocenters. The van der Waals surface area contributed by atoms with E-state index in [2.05, 4.69) is 5.32 Å². The van der Waals surface area contributed by atoms with Crippen LogP contribution >= 0.6 is 23.2 Å². The van der Waals surface area contributed by atoms with Crippen LogP contribution in [0.3, 0.4) is 0 Å². The Bertz CT molecular complexity index is 1180. The van der Waals surface area contributed by atoms with Gasteiger partial charge in [-0.3, -0.25) is 9.59 Å². The van der Waals surface area contributed by atoms with Crippen LogP contribution in [0.25, 0.3) is 0 Å². The summed E-state index contributed by atoms with van der Waals surface area (Å²) in [5.41, 5.74) is 0.629. The molecule has 7 nitrogen and oxygen atoms in total. The summed E-state index contributed by atoms with van der Waals surface area (Å²) in [6.45, 7) is 4.16. The molecule has 9 heteroatoms. The fourth-order valence-corrected chi connectivity index (χ4v) is 3.37. The molecule has 1 amide bonds. The number of hydrogen-bond acceptors (Lipinski definition) is 5. The summed E-state index contributed by atoms with van der Waals surface area (Å²) in [4.78, 5) is 25.0. The van der Waals surface area contributed by atoms with Crippen molar-refractivity contribution < 1.29 is 19.0 Å². The van der Waals surface area contributed by atoms with Crippen LogP contribution < -0.4 is 25.0 Å². The molecule has 33 heavy (non-hydrogen) atoms. The SMILES string of the molecule is COc1ccc(OCCn2ccc(=O)c(OC(C)C(=O)Nc3cc(Cl)ccc3Cl)c2C)cc1. The summed E-state index contributed by atoms with van der Waals surface area (Å²) in [5, 5.41) is 3.44. The number of nitrogens with zero attached hydrogens (tertiary/aromatic N) is 1. The Hall–Kier alpha value is -3.16. The highest BCUT2D eigenvalue weighted by Gasteiger charge is 2.19. The van der Waals surface area contributed by atoms with Crippen LogP contribution in [-0.4, -0.2) is 30.3 Å². The number of hydrogen-bond donors (Lipinski definition) is 1. The molecule has 3 rings (SSSR count). The molecule has 174 valence electrons. The zero-order valence-electron chi connectivity index (χ0n) is 18.4. The predicted molar refractivity (Wildman–Crippen MR) is 129 cm³/mol. The molecule has 0 saturated carbocycles. The van der Waals surface area contributed by atoms with Crippen LogP contribution in [0.2, 0.25) is 10.0 Å². The Balaban J connectivity index is 1.65. The van der Waals surface area contributed by atoms with Crippen LogP contribution in [0.1, 0.15) is 12.6 Å². The fraction of sp³-hybridized carbons (Fsp3) is 0.250. The van der Waals surface area contributed by atoms with Crippen molar-refractivity contribution >= 4 is 34.8 Å². The lowest BCUT2D eigenvalue weighted by molar-refractivity contribution is -0.122. The quantitative estimate of drug-likeness (QED) is 0.458. The van der Waals surface area contributed by atoms with Gasteiger partial charge in [0.05, 0.1) is 30.1 Å². The number of carbonyl (C=O) groups is 1. The van der Waals surface area contributed by atoms with Gasteiger partial charge in [-0.15, -0.1) is 0 Å². The number of amides is 1. The van der Waals surface area contributed by atoms with Crippen molar-refractivity contribution in [3.8, 4) is 17.2 Å². The second kappa shape index (κ2) is 11.1. The first-order valence-corrected chi connectivity index (χ1v) is 10.9. The summed E-state index contributed by atoms with van der Waals surface area (Å²) in [6.07, 6.45) is 0.719. The van der Waals surface area contributed by atoms with E-state index in [9.17, 15) is 9.59 Å². The second-order valence-corrected chi connectivity index (χ2v) is 8.03. The number of ether oxygens (including phenoxy) is 3. The molecule has 0 bridgehead atoms. The number of nitrogens with one attached hydrogen (secondary N) is 1. The van der Waals surface area contributed by atoms with Gasteiger partial charge in [0, 0.05) is 17.3 Å². The van der Waals surface area contributed by atoms with E-state index in [0.717, 1.165) is 5.75 Å². The Morgan fingerprint density at radius 1 is 1.09 bits per heavy atom. The average molecular weight is 491 g/mol. The molecule has 1 heterocycles. The molecule has 2 aromatic carbocycles. The molecule has 0 aliphatic carbocycles. The van der Waals surface area contributed by atoms with Crippen molar-refractivity contribution in [2.24, 2.45) is 0 Å². The first kappa shape index (κ1) is 24.5. The number of methoxy groups -OCH3 is 1. The van der Waals surface area contributed by atoms with Gasteiger partial charge in [0.15, 0.2) is 11.9 Å². The number of carbonyl (C=O) groups excluding carboxylic acids is 1. The van der Waals surface area contributed by atoms with E-state index in [4.69, 9.17) is 37.4 Å². The van der Waals surface area contributed by atoms with E-state index in [1.165, 1.54) is 12.1 Å². The third kappa shape index (κ3) is 6.43. The van der Waals surface area contributed by atoms with E-state index in [0.29, 0.717) is 40.3 Å². The molecular formula is C24H24Cl2N2O5. The van der Waals surface area contributed by atoms with Gasteiger partial charge >= 0.3 is 0 Å². The molecule has 1 N–H and O–H groups in total. The van der Waals surface area contributed by atoms with Crippen molar-refractivity contribution in [3.05, 3.63) is 80.7 Å². The van der Waals surface area contributed by atoms with E-state index in [-0.39, 0.29) is 11.2 Å². The van der Waals surface area contributed by atoms with Gasteiger partial charge < -0.3 is 24.1 Å². The smallest absolute Gasteiger partial charge is 0.265 e. The van der Waals surface area contributed by atoms with Crippen molar-refractivity contribution in [3.63, 3.8) is 0 Å². The van der Waals surface area contributed by atoms with Crippen LogP contribution in [0.15, 0.2) is 59.5 Å². The van der Waals surface area contributed by atoms with Gasteiger partial charge in [-0.2, -0.15) is 0 Å². The maximum atomic E-state index is 12.6. The third-order valence-corrected chi connectivity index (χ3v) is 5.46. The number of anilines is 1. The van der Waals surface area contributed by atoms with Crippen LogP contribution in [0.5, 0.6) is 17.2 Å². The summed E-state index contributed by atoms with van der Waals surface area (Å²) in [5.74, 6) is 1.09. The van der Waals surface area contributed by atoms with Crippen molar-refractivity contribution in [2.45, 2.75) is 26.5 Å². The van der Waals surface area contributed by atoms with Crippen molar-refractivity contribution in [2.75, 3.05) is 19.0 Å². The minimum Gasteiger partial charge on any atom is -0.497 e. The number of halogens is 2. The maximum Gasteiger partial charge on any atom is 0.265 e. The zero-order valence-corrected chi connectivity index (χ0v) is 19.9. The lowest BCUT2D eigenvalue weighted by Gasteiger charge is -2.19. The van der Waals surface area contributed by atoms with E-state index in [1.54, 1.807) is 39.3 Å². The van der Waals surface area contributed by atoms with Gasteiger partial charge in [-0.05, 0) is 56.3 Å². The third-order valence-electron chi connectivity index (χ3n) is 4.90. The summed E-state index contributed by atoms with van der Waals surface area (Å²) >= 11 is 12.1. The summed E-state index contributed by atoms with van der Waals surface area (Å²) < 4.78 is 18.5. The largest absolute Gasteiger partial charge is 0.497 e. The number of pyridine rings is 1. The minimum atomic E-state index is -0.946. The molecule has 0 radical (unpaired) electrons. The molecule has 0 fully saturated rings. The number of benzene rings is 2. The molecule has 0 spiro atoms. The standard InChI is InChI=1S/C24H24Cl2N2O5/c1-15-23(33-16(2)24(30)27-21-14-17(25)4-9-20(21)26)22(29)10-11-28(15)12-13-32-19-7-5-18(31-3)6-8-19/h4-11,14,16H,12-13H2,1-3H3,(H,27,30). The summed E-state index contributed by atoms with van der Waals surface area (Å²) in [7, 11) is 1.60. The Labute approximate surface area is 201 Å². The lowest BCUT2D eigenvalue weighted by Crippen LogP contribution is -2.32. The monoisotopic (exact) mass is 490 g/mol. The highest BCUT2D eigenvalue weighted by molar-refractivity contribution is 6.35. The van der Waals surface area contributed by atoms with E-state index in [1.807, 2.05) is 28.8 Å². The van der Waals surface area contributed by atoms with Crippen LogP contribution in [0, 0.1) is 6.92 Å². The Kier molecular flexibility index (Phi) is 8.25. The normalized spacial score (nSPS) is 11.5. The highest BCUT2D eigenvalue weighted by atomic mass is 35.5. The molecule has 1 aromatic heterocycles. The van der Waals surface area contributed by atoms with Crippen molar-refractivity contribution in [1.29, 1.82) is 0 Å². The molecule has 3 aromatic rings. The topological polar surface area (TPSA) is 78.8 Å². The molecule has 0 aliphatic rings. The maximum absolute atomic E-state index is 12.6. The van der Waals surface area contributed by atoms with Crippen LogP contribution in [0.4, 0.5) is 5.69 Å². The van der Waals surface area contributed by atoms with Gasteiger partial charge in [0.1, 0.15) is 18.1 Å². The first-order chi connectivity index (χ1) is 15.8. The number of aromatic nitrogens is 1. The fourth-order valence-electron chi connectivity index (χ4n) is 3.03.